The maximum absolute atomic E-state index is 12.0. The van der Waals surface area contributed by atoms with E-state index in [4.69, 9.17) is 25.1 Å². The van der Waals surface area contributed by atoms with Gasteiger partial charge in [0.15, 0.2) is 17.2 Å². The van der Waals surface area contributed by atoms with Crippen LogP contribution in [0.4, 0.5) is 4.39 Å². The fraction of sp³-hybridized carbons (Fsp3) is 0.286. The predicted octanol–water partition coefficient (Wildman–Crippen LogP) is 4.19. The molecule has 0 aliphatic rings. The average molecular weight is 545 g/mol. The van der Waals surface area contributed by atoms with Crippen molar-refractivity contribution in [3.63, 3.8) is 0 Å². The number of nitrogens with two attached hydrogens (primary N) is 1. The van der Waals surface area contributed by atoms with Gasteiger partial charge < -0.3 is 29.8 Å². The van der Waals surface area contributed by atoms with E-state index in [0.717, 1.165) is 6.42 Å². The van der Waals surface area contributed by atoms with Crippen LogP contribution in [-0.4, -0.2) is 47.9 Å². The number of aromatic nitrogens is 1. The number of carbonyl (C=O) groups is 3. The van der Waals surface area contributed by atoms with E-state index in [9.17, 15) is 18.8 Å². The number of nitrogens with zero attached hydrogens (tertiary/aromatic N) is 1. The summed E-state index contributed by atoms with van der Waals surface area (Å²) in [5.41, 5.74) is 6.24. The standard InChI is InChI=1S/C12H16O2.C10H12N2O5.C6H5FO/c1-3-12(13)14-10(2)9-11-7-5-4-6-8-11;1-6(13)16-5-17-9-7(15-2)3-4-12-8(9)10(11)14;7-5-1-3-6(8)4-2-5/h4-8,10H,3,9H2,1-2H3;3-4H,5H2,1-2H3,(H2,11,14);1-4,8H. The Hall–Kier alpha value is -4.67. The van der Waals surface area contributed by atoms with Crippen molar-refractivity contribution in [3.8, 4) is 17.2 Å². The summed E-state index contributed by atoms with van der Waals surface area (Å²) in [4.78, 5) is 36.4. The fourth-order valence-corrected chi connectivity index (χ4v) is 2.81. The third-order valence-electron chi connectivity index (χ3n) is 4.60. The van der Waals surface area contributed by atoms with Gasteiger partial charge in [-0.2, -0.15) is 0 Å². The zero-order chi connectivity index (χ0) is 29.2. The largest absolute Gasteiger partial charge is 0.508 e. The van der Waals surface area contributed by atoms with Crippen LogP contribution in [0.15, 0.2) is 66.9 Å². The molecule has 0 saturated heterocycles. The molecule has 0 fully saturated rings. The molecular formula is C28H33FN2O8. The minimum atomic E-state index is -0.762. The van der Waals surface area contributed by atoms with Gasteiger partial charge in [-0.15, -0.1) is 0 Å². The zero-order valence-corrected chi connectivity index (χ0v) is 22.3. The molecule has 1 atom stereocenters. The molecule has 0 aliphatic carbocycles. The van der Waals surface area contributed by atoms with Gasteiger partial charge in [-0.3, -0.25) is 14.4 Å². The van der Waals surface area contributed by atoms with Gasteiger partial charge in [0.05, 0.1) is 7.11 Å². The van der Waals surface area contributed by atoms with Gasteiger partial charge >= 0.3 is 11.9 Å². The van der Waals surface area contributed by atoms with Crippen molar-refractivity contribution in [1.82, 2.24) is 4.98 Å². The number of hydrogen-bond acceptors (Lipinski definition) is 9. The Bertz CT molecular complexity index is 1150. The van der Waals surface area contributed by atoms with Crippen LogP contribution in [0.25, 0.3) is 0 Å². The SMILES string of the molecule is CCC(=O)OC(C)Cc1ccccc1.COc1ccnc(C(N)=O)c1OCOC(C)=O.Oc1ccc(F)cc1. The number of phenolic OH excluding ortho intramolecular Hbond substituents is 1. The molecule has 0 saturated carbocycles. The second-order valence-electron chi connectivity index (χ2n) is 7.77. The summed E-state index contributed by atoms with van der Waals surface area (Å²) in [7, 11) is 1.40. The molecule has 3 rings (SSSR count). The van der Waals surface area contributed by atoms with Gasteiger partial charge in [-0.1, -0.05) is 37.3 Å². The van der Waals surface area contributed by atoms with Crippen molar-refractivity contribution < 1.29 is 42.8 Å². The Morgan fingerprint density at radius 1 is 1.05 bits per heavy atom. The molecule has 0 aliphatic heterocycles. The monoisotopic (exact) mass is 544 g/mol. The summed E-state index contributed by atoms with van der Waals surface area (Å²) >= 11 is 0. The second kappa shape index (κ2) is 17.7. The second-order valence-corrected chi connectivity index (χ2v) is 7.77. The van der Waals surface area contributed by atoms with Crippen molar-refractivity contribution in [2.75, 3.05) is 13.9 Å². The summed E-state index contributed by atoms with van der Waals surface area (Å²) in [6, 6.07) is 16.5. The number of ether oxygens (including phenoxy) is 4. The van der Waals surface area contributed by atoms with Gasteiger partial charge in [0.1, 0.15) is 17.7 Å². The number of carbonyl (C=O) groups excluding carboxylic acids is 3. The third kappa shape index (κ3) is 13.4. The van der Waals surface area contributed by atoms with Crippen molar-refractivity contribution in [2.45, 2.75) is 39.7 Å². The first-order valence-electron chi connectivity index (χ1n) is 11.8. The number of halogens is 1. The molecular weight excluding hydrogens is 511 g/mol. The Balaban J connectivity index is 0.000000310. The van der Waals surface area contributed by atoms with Gasteiger partial charge in [0.25, 0.3) is 5.91 Å². The van der Waals surface area contributed by atoms with Crippen LogP contribution in [0.2, 0.25) is 0 Å². The summed E-state index contributed by atoms with van der Waals surface area (Å²) in [6.45, 7) is 4.61. The van der Waals surface area contributed by atoms with Crippen LogP contribution >= 0.6 is 0 Å². The maximum Gasteiger partial charge on any atom is 0.305 e. The zero-order valence-electron chi connectivity index (χ0n) is 22.3. The highest BCUT2D eigenvalue weighted by Crippen LogP contribution is 2.29. The lowest BCUT2D eigenvalue weighted by molar-refractivity contribution is -0.148. The Kier molecular flexibility index (Phi) is 14.7. The van der Waals surface area contributed by atoms with Crippen molar-refractivity contribution in [2.24, 2.45) is 5.73 Å². The van der Waals surface area contributed by atoms with E-state index in [-0.39, 0.29) is 47.6 Å². The third-order valence-corrected chi connectivity index (χ3v) is 4.60. The Morgan fingerprint density at radius 2 is 1.69 bits per heavy atom. The maximum atomic E-state index is 12.0. The summed E-state index contributed by atoms with van der Waals surface area (Å²) < 4.78 is 31.8. The lowest BCUT2D eigenvalue weighted by atomic mass is 10.1. The summed E-state index contributed by atoms with van der Waals surface area (Å²) in [6.07, 6.45) is 2.55. The summed E-state index contributed by atoms with van der Waals surface area (Å²) in [5, 5.41) is 8.59. The number of amides is 1. The summed E-state index contributed by atoms with van der Waals surface area (Å²) in [5.74, 6) is -1.32. The highest BCUT2D eigenvalue weighted by molar-refractivity contribution is 5.94. The highest BCUT2D eigenvalue weighted by Gasteiger charge is 2.16. The topological polar surface area (TPSA) is 147 Å². The van der Waals surface area contributed by atoms with Crippen LogP contribution in [0.5, 0.6) is 17.2 Å². The van der Waals surface area contributed by atoms with E-state index in [1.165, 1.54) is 56.1 Å². The van der Waals surface area contributed by atoms with E-state index in [1.54, 1.807) is 6.92 Å². The number of hydrogen-bond donors (Lipinski definition) is 2. The molecule has 11 heteroatoms. The number of rotatable bonds is 9. The average Bonchev–Trinajstić information content (AvgIpc) is 2.91. The minimum absolute atomic E-state index is 0.0372. The highest BCUT2D eigenvalue weighted by atomic mass is 19.1. The van der Waals surface area contributed by atoms with E-state index in [0.29, 0.717) is 6.42 Å². The number of phenols is 1. The number of methoxy groups -OCH3 is 1. The van der Waals surface area contributed by atoms with Crippen molar-refractivity contribution in [1.29, 1.82) is 0 Å². The number of pyridine rings is 1. The van der Waals surface area contributed by atoms with E-state index < -0.39 is 11.9 Å². The van der Waals surface area contributed by atoms with E-state index >= 15 is 0 Å². The van der Waals surface area contributed by atoms with Gasteiger partial charge in [-0.05, 0) is 36.8 Å². The smallest absolute Gasteiger partial charge is 0.305 e. The molecule has 39 heavy (non-hydrogen) atoms. The molecule has 0 bridgehead atoms. The number of benzene rings is 2. The first kappa shape index (κ1) is 32.4. The van der Waals surface area contributed by atoms with Crippen LogP contribution in [0.1, 0.15) is 43.2 Å². The fourth-order valence-electron chi connectivity index (χ4n) is 2.81. The molecule has 3 aromatic rings. The number of esters is 2. The quantitative estimate of drug-likeness (QED) is 0.299. The Labute approximate surface area is 226 Å². The first-order chi connectivity index (χ1) is 18.6. The lowest BCUT2D eigenvalue weighted by Gasteiger charge is -2.12. The predicted molar refractivity (Wildman–Crippen MR) is 141 cm³/mol. The van der Waals surface area contributed by atoms with Crippen LogP contribution in [0.3, 0.4) is 0 Å². The Morgan fingerprint density at radius 3 is 2.21 bits per heavy atom. The van der Waals surface area contributed by atoms with Crippen LogP contribution < -0.4 is 15.2 Å². The first-order valence-corrected chi connectivity index (χ1v) is 11.8. The van der Waals surface area contributed by atoms with Gasteiger partial charge in [-0.25, -0.2) is 9.37 Å². The van der Waals surface area contributed by atoms with E-state index in [1.807, 2.05) is 37.3 Å². The molecule has 0 spiro atoms. The number of primary amides is 1. The van der Waals surface area contributed by atoms with Crippen molar-refractivity contribution >= 4 is 17.8 Å². The molecule has 10 nitrogen and oxygen atoms in total. The molecule has 1 unspecified atom stereocenters. The van der Waals surface area contributed by atoms with Crippen LogP contribution in [-0.2, 0) is 25.5 Å². The molecule has 1 amide bonds. The molecule has 3 N–H and O–H groups in total. The molecule has 1 heterocycles. The van der Waals surface area contributed by atoms with Crippen molar-refractivity contribution in [3.05, 3.63) is 83.9 Å². The molecule has 0 radical (unpaired) electrons. The van der Waals surface area contributed by atoms with Gasteiger partial charge in [0.2, 0.25) is 6.79 Å². The van der Waals surface area contributed by atoms with Crippen LogP contribution in [0, 0.1) is 5.82 Å². The number of aromatic hydroxyl groups is 1. The molecule has 1 aromatic heterocycles. The van der Waals surface area contributed by atoms with E-state index in [2.05, 4.69) is 9.72 Å². The normalized spacial score (nSPS) is 10.4. The molecule has 210 valence electrons. The van der Waals surface area contributed by atoms with Gasteiger partial charge in [0, 0.05) is 32.0 Å². The minimum Gasteiger partial charge on any atom is -0.508 e. The molecule has 2 aromatic carbocycles. The lowest BCUT2D eigenvalue weighted by Crippen LogP contribution is -2.17.